The number of quaternary nitrogens is 1. The van der Waals surface area contributed by atoms with E-state index in [0.717, 1.165) is 10.5 Å². The van der Waals surface area contributed by atoms with Gasteiger partial charge in [-0.25, -0.2) is 9.18 Å². The van der Waals surface area contributed by atoms with Crippen LogP contribution in [0.15, 0.2) is 82.2 Å². The van der Waals surface area contributed by atoms with Gasteiger partial charge in [-0.05, 0) is 42.0 Å². The van der Waals surface area contributed by atoms with Gasteiger partial charge in [-0.15, -0.1) is 0 Å². The Balaban J connectivity index is 1.46. The van der Waals surface area contributed by atoms with Gasteiger partial charge in [0.1, 0.15) is 30.1 Å². The van der Waals surface area contributed by atoms with Crippen LogP contribution in [0.3, 0.4) is 0 Å². The Bertz CT molecular complexity index is 1420. The molecule has 4 aromatic rings. The van der Waals surface area contributed by atoms with E-state index in [1.54, 1.807) is 12.1 Å². The summed E-state index contributed by atoms with van der Waals surface area (Å²) in [5.41, 5.74) is 1.71. The van der Waals surface area contributed by atoms with Crippen molar-refractivity contribution >= 4 is 16.9 Å². The number of halogens is 1. The van der Waals surface area contributed by atoms with E-state index in [2.05, 4.69) is 0 Å². The van der Waals surface area contributed by atoms with Crippen molar-refractivity contribution in [2.24, 2.45) is 0 Å². The van der Waals surface area contributed by atoms with E-state index in [9.17, 15) is 14.0 Å². The van der Waals surface area contributed by atoms with Crippen LogP contribution in [-0.2, 0) is 22.5 Å². The predicted octanol–water partition coefficient (Wildman–Crippen LogP) is 3.24. The molecule has 1 aliphatic rings. The minimum Gasteiger partial charge on any atom is -0.465 e. The zero-order valence-corrected chi connectivity index (χ0v) is 19.0. The van der Waals surface area contributed by atoms with Gasteiger partial charge in [0, 0.05) is 6.42 Å². The molecule has 178 valence electrons. The second-order valence-electron chi connectivity index (χ2n) is 8.29. The summed E-state index contributed by atoms with van der Waals surface area (Å²) in [6.07, 6.45) is 1.72. The van der Waals surface area contributed by atoms with Crippen molar-refractivity contribution < 1.29 is 32.7 Å². The van der Waals surface area contributed by atoms with Gasteiger partial charge in [-0.1, -0.05) is 30.3 Å². The standard InChI is InChI=1S/C27H22FNO6/c1-32-27(31)22(13-17-5-3-2-4-6-17)29-14-21-23(34-16-29)12-11-20-25(30)24(15-33-26(20)21)35-19-9-7-18(28)8-10-19/h2-12,15,22H,13-14,16H2,1H3/p+1/t22-/m1/s1. The lowest BCUT2D eigenvalue weighted by atomic mass is 10.0. The molecule has 0 saturated carbocycles. The Morgan fingerprint density at radius 3 is 2.60 bits per heavy atom. The first-order valence-electron chi connectivity index (χ1n) is 11.1. The Hall–Kier alpha value is -4.17. The van der Waals surface area contributed by atoms with E-state index in [1.165, 1.54) is 37.6 Å². The van der Waals surface area contributed by atoms with E-state index in [4.69, 9.17) is 18.6 Å². The zero-order valence-electron chi connectivity index (χ0n) is 19.0. The van der Waals surface area contributed by atoms with Crippen LogP contribution in [0.4, 0.5) is 4.39 Å². The van der Waals surface area contributed by atoms with Gasteiger partial charge in [-0.3, -0.25) is 9.69 Å². The third-order valence-electron chi connectivity index (χ3n) is 6.09. The number of nitrogens with one attached hydrogen (secondary N) is 1. The van der Waals surface area contributed by atoms with Crippen molar-refractivity contribution in [3.8, 4) is 17.2 Å². The number of hydrogen-bond acceptors (Lipinski definition) is 6. The van der Waals surface area contributed by atoms with Gasteiger partial charge in [-0.2, -0.15) is 0 Å². The van der Waals surface area contributed by atoms with Crippen molar-refractivity contribution in [3.63, 3.8) is 0 Å². The molecule has 0 radical (unpaired) electrons. The van der Waals surface area contributed by atoms with Gasteiger partial charge in [0.15, 0.2) is 11.6 Å². The van der Waals surface area contributed by atoms with Crippen LogP contribution in [0.25, 0.3) is 11.0 Å². The molecule has 35 heavy (non-hydrogen) atoms. The van der Waals surface area contributed by atoms with E-state index >= 15 is 0 Å². The van der Waals surface area contributed by atoms with Crippen LogP contribution in [0, 0.1) is 5.82 Å². The van der Waals surface area contributed by atoms with Crippen molar-refractivity contribution in [1.82, 2.24) is 0 Å². The molecule has 1 N–H and O–H groups in total. The average Bonchev–Trinajstić information content (AvgIpc) is 2.90. The zero-order chi connectivity index (χ0) is 24.4. The molecule has 5 rings (SSSR count). The number of carbonyl (C=O) groups is 1. The van der Waals surface area contributed by atoms with Crippen LogP contribution in [-0.4, -0.2) is 25.9 Å². The molecule has 3 aromatic carbocycles. The summed E-state index contributed by atoms with van der Waals surface area (Å²) in [5.74, 6) is 0.157. The monoisotopic (exact) mass is 476 g/mol. The maximum atomic E-state index is 13.2. The van der Waals surface area contributed by atoms with Crippen molar-refractivity contribution in [3.05, 3.63) is 100 Å². The number of esters is 1. The minimum absolute atomic E-state index is 0.0125. The number of rotatable bonds is 6. The topological polar surface area (TPSA) is 79.4 Å². The van der Waals surface area contributed by atoms with E-state index in [0.29, 0.717) is 41.0 Å². The minimum atomic E-state index is -0.501. The molecule has 0 saturated heterocycles. The quantitative estimate of drug-likeness (QED) is 0.431. The Morgan fingerprint density at radius 1 is 1.09 bits per heavy atom. The molecular weight excluding hydrogens is 453 g/mol. The summed E-state index contributed by atoms with van der Waals surface area (Å²) in [6.45, 7) is 0.668. The molecule has 0 fully saturated rings. The number of methoxy groups -OCH3 is 1. The molecule has 1 unspecified atom stereocenters. The SMILES string of the molecule is COC(=O)[C@@H](Cc1ccccc1)[NH+]1COc2ccc3c(=O)c(Oc4ccc(F)cc4)coc3c2C1. The summed E-state index contributed by atoms with van der Waals surface area (Å²) in [4.78, 5) is 26.6. The molecule has 1 aliphatic heterocycles. The lowest BCUT2D eigenvalue weighted by molar-refractivity contribution is -0.948. The predicted molar refractivity (Wildman–Crippen MR) is 125 cm³/mol. The molecular formula is C27H23FNO6+. The maximum absolute atomic E-state index is 13.2. The van der Waals surface area contributed by atoms with Crippen LogP contribution < -0.4 is 19.8 Å². The fourth-order valence-corrected chi connectivity index (χ4v) is 4.28. The van der Waals surface area contributed by atoms with Gasteiger partial charge in [0.2, 0.25) is 17.9 Å². The molecule has 2 heterocycles. The number of carbonyl (C=O) groups excluding carboxylic acids is 1. The third-order valence-corrected chi connectivity index (χ3v) is 6.09. The van der Waals surface area contributed by atoms with Crippen LogP contribution in [0.2, 0.25) is 0 Å². The molecule has 0 aliphatic carbocycles. The first-order valence-corrected chi connectivity index (χ1v) is 11.1. The highest BCUT2D eigenvalue weighted by atomic mass is 19.1. The van der Waals surface area contributed by atoms with Crippen molar-refractivity contribution in [2.75, 3.05) is 13.8 Å². The normalized spacial score (nSPS) is 15.7. The highest BCUT2D eigenvalue weighted by Gasteiger charge is 2.36. The van der Waals surface area contributed by atoms with Gasteiger partial charge >= 0.3 is 5.97 Å². The smallest absolute Gasteiger partial charge is 0.365 e. The molecule has 7 nitrogen and oxygen atoms in total. The Labute approximate surface area is 200 Å². The van der Waals surface area contributed by atoms with E-state index in [1.807, 2.05) is 30.3 Å². The van der Waals surface area contributed by atoms with Crippen LogP contribution in [0.1, 0.15) is 11.1 Å². The largest absolute Gasteiger partial charge is 0.465 e. The number of hydrogen-bond donors (Lipinski definition) is 1. The van der Waals surface area contributed by atoms with E-state index < -0.39 is 11.9 Å². The maximum Gasteiger partial charge on any atom is 0.365 e. The second kappa shape index (κ2) is 9.60. The third kappa shape index (κ3) is 4.61. The average molecular weight is 476 g/mol. The number of benzene rings is 3. The van der Waals surface area contributed by atoms with E-state index in [-0.39, 0.29) is 23.9 Å². The van der Waals surface area contributed by atoms with Crippen molar-refractivity contribution in [2.45, 2.75) is 19.0 Å². The first-order chi connectivity index (χ1) is 17.0. The fraction of sp³-hybridized carbons (Fsp3) is 0.185. The van der Waals surface area contributed by atoms with Gasteiger partial charge < -0.3 is 18.6 Å². The molecule has 8 heteroatoms. The summed E-state index contributed by atoms with van der Waals surface area (Å²) in [6, 6.07) is 17.9. The molecule has 2 atom stereocenters. The molecule has 0 bridgehead atoms. The first kappa shape index (κ1) is 22.6. The van der Waals surface area contributed by atoms with Gasteiger partial charge in [0.05, 0.1) is 18.1 Å². The number of fused-ring (bicyclic) bond motifs is 3. The molecule has 0 spiro atoms. The lowest BCUT2D eigenvalue weighted by Gasteiger charge is -2.31. The lowest BCUT2D eigenvalue weighted by Crippen LogP contribution is -3.17. The van der Waals surface area contributed by atoms with Gasteiger partial charge in [0.25, 0.3) is 0 Å². The Kier molecular flexibility index (Phi) is 6.20. The highest BCUT2D eigenvalue weighted by Crippen LogP contribution is 2.30. The van der Waals surface area contributed by atoms with Crippen LogP contribution >= 0.6 is 0 Å². The molecule has 0 amide bonds. The van der Waals surface area contributed by atoms with Crippen LogP contribution in [0.5, 0.6) is 17.2 Å². The summed E-state index contributed by atoms with van der Waals surface area (Å²) in [7, 11) is 1.37. The fourth-order valence-electron chi connectivity index (χ4n) is 4.28. The summed E-state index contributed by atoms with van der Waals surface area (Å²) < 4.78 is 35.7. The summed E-state index contributed by atoms with van der Waals surface area (Å²) >= 11 is 0. The highest BCUT2D eigenvalue weighted by molar-refractivity contribution is 5.83. The summed E-state index contributed by atoms with van der Waals surface area (Å²) in [5, 5.41) is 0.325. The van der Waals surface area contributed by atoms with Crippen molar-refractivity contribution in [1.29, 1.82) is 0 Å². The second-order valence-corrected chi connectivity index (χ2v) is 8.29. The number of ether oxygens (including phenoxy) is 3. The molecule has 1 aromatic heterocycles. The Morgan fingerprint density at radius 2 is 1.86 bits per heavy atom.